The molecule has 0 unspecified atom stereocenters. The lowest BCUT2D eigenvalue weighted by Crippen LogP contribution is -2.20. The topological polar surface area (TPSA) is 77.8 Å². The third-order valence-electron chi connectivity index (χ3n) is 3.58. The van der Waals surface area contributed by atoms with Crippen molar-refractivity contribution in [2.24, 2.45) is 0 Å². The molecule has 3 rings (SSSR count). The fourth-order valence-corrected chi connectivity index (χ4v) is 2.55. The van der Waals surface area contributed by atoms with Crippen molar-refractivity contribution in [3.63, 3.8) is 0 Å². The number of carbonyl (C=O) groups is 1. The number of methoxy groups -OCH3 is 2. The molecule has 0 atom stereocenters. The first kappa shape index (κ1) is 16.9. The number of benzene rings is 2. The van der Waals surface area contributed by atoms with Crippen LogP contribution in [0, 0.1) is 0 Å². The molecule has 1 heterocycles. The van der Waals surface area contributed by atoms with E-state index in [1.165, 1.54) is 20.3 Å². The van der Waals surface area contributed by atoms with E-state index in [0.29, 0.717) is 33.2 Å². The number of nitrogens with one attached hydrogen (secondary N) is 1. The van der Waals surface area contributed by atoms with Gasteiger partial charge in [0.1, 0.15) is 11.1 Å². The van der Waals surface area contributed by atoms with E-state index in [4.69, 9.17) is 25.5 Å². The van der Waals surface area contributed by atoms with E-state index in [1.807, 2.05) is 0 Å². The molecule has 1 N–H and O–H groups in total. The summed E-state index contributed by atoms with van der Waals surface area (Å²) >= 11 is 5.94. The fourth-order valence-electron chi connectivity index (χ4n) is 2.36. The summed E-state index contributed by atoms with van der Waals surface area (Å²) in [5, 5.41) is 3.68. The number of ether oxygens (including phenoxy) is 2. The van der Waals surface area contributed by atoms with Gasteiger partial charge in [0.2, 0.25) is 0 Å². The normalized spacial score (nSPS) is 10.5. The lowest BCUT2D eigenvalue weighted by molar-refractivity contribution is 0.102. The molecule has 0 fully saturated rings. The minimum absolute atomic E-state index is 0.121. The Hall–Kier alpha value is -2.99. The number of rotatable bonds is 4. The molecule has 25 heavy (non-hydrogen) atoms. The average molecular weight is 360 g/mol. The molecule has 0 radical (unpaired) electrons. The Bertz CT molecular complexity index is 1010. The maximum atomic E-state index is 12.4. The van der Waals surface area contributed by atoms with Crippen LogP contribution in [0.2, 0.25) is 5.02 Å². The van der Waals surface area contributed by atoms with Gasteiger partial charge < -0.3 is 19.2 Å². The predicted octanol–water partition coefficient (Wildman–Crippen LogP) is 3.72. The van der Waals surface area contributed by atoms with Crippen molar-refractivity contribution in [2.75, 3.05) is 19.5 Å². The van der Waals surface area contributed by atoms with Crippen molar-refractivity contribution in [1.29, 1.82) is 0 Å². The van der Waals surface area contributed by atoms with Gasteiger partial charge in [-0.2, -0.15) is 0 Å². The summed E-state index contributed by atoms with van der Waals surface area (Å²) < 4.78 is 15.5. The van der Waals surface area contributed by atoms with Gasteiger partial charge in [0.05, 0.1) is 14.2 Å². The Morgan fingerprint density at radius 3 is 2.52 bits per heavy atom. The highest BCUT2D eigenvalue weighted by atomic mass is 35.5. The van der Waals surface area contributed by atoms with Crippen LogP contribution in [0.25, 0.3) is 11.0 Å². The lowest BCUT2D eigenvalue weighted by Gasteiger charge is -2.10. The van der Waals surface area contributed by atoms with Crippen LogP contribution in [0.1, 0.15) is 10.4 Å². The van der Waals surface area contributed by atoms with Gasteiger partial charge in [0, 0.05) is 22.2 Å². The number of anilines is 1. The van der Waals surface area contributed by atoms with Crippen molar-refractivity contribution in [3.8, 4) is 11.5 Å². The Balaban J connectivity index is 1.94. The van der Waals surface area contributed by atoms with Crippen LogP contribution in [0.3, 0.4) is 0 Å². The third kappa shape index (κ3) is 3.44. The van der Waals surface area contributed by atoms with E-state index < -0.39 is 11.5 Å². The van der Waals surface area contributed by atoms with Crippen LogP contribution in [0.15, 0.2) is 51.7 Å². The zero-order valence-corrected chi connectivity index (χ0v) is 14.2. The zero-order valence-electron chi connectivity index (χ0n) is 13.5. The number of hydrogen-bond acceptors (Lipinski definition) is 5. The van der Waals surface area contributed by atoms with Gasteiger partial charge in [-0.1, -0.05) is 11.6 Å². The molecule has 2 aromatic carbocycles. The van der Waals surface area contributed by atoms with Crippen molar-refractivity contribution in [1.82, 2.24) is 0 Å². The van der Waals surface area contributed by atoms with E-state index in [1.54, 1.807) is 36.4 Å². The van der Waals surface area contributed by atoms with Crippen molar-refractivity contribution >= 4 is 34.2 Å². The van der Waals surface area contributed by atoms with Crippen molar-refractivity contribution < 1.29 is 18.7 Å². The second-order valence-electron chi connectivity index (χ2n) is 5.15. The first-order valence-electron chi connectivity index (χ1n) is 7.28. The van der Waals surface area contributed by atoms with Gasteiger partial charge in [0.15, 0.2) is 11.5 Å². The molecule has 0 saturated heterocycles. The van der Waals surface area contributed by atoms with E-state index in [2.05, 4.69) is 5.32 Å². The highest BCUT2D eigenvalue weighted by Gasteiger charge is 2.15. The predicted molar refractivity (Wildman–Crippen MR) is 95.0 cm³/mol. The molecule has 0 aliphatic heterocycles. The molecule has 0 bridgehead atoms. The Kier molecular flexibility index (Phi) is 4.63. The molecule has 7 heteroatoms. The van der Waals surface area contributed by atoms with Gasteiger partial charge in [-0.25, -0.2) is 4.79 Å². The molecule has 3 aromatic rings. The molecule has 0 spiro atoms. The van der Waals surface area contributed by atoms with Crippen LogP contribution in [0.4, 0.5) is 5.69 Å². The second kappa shape index (κ2) is 6.86. The molecule has 0 saturated carbocycles. The maximum Gasteiger partial charge on any atom is 0.349 e. The molecular formula is C18H14ClNO5. The maximum absolute atomic E-state index is 12.4. The monoisotopic (exact) mass is 359 g/mol. The van der Waals surface area contributed by atoms with Crippen LogP contribution in [-0.4, -0.2) is 20.1 Å². The standard InChI is InChI=1S/C18H14ClNO5/c1-23-15-6-4-12(9-16(15)24-2)20-17(21)13-8-10-7-11(19)3-5-14(10)25-18(13)22/h3-9H,1-2H3,(H,20,21). The molecular weight excluding hydrogens is 346 g/mol. The van der Waals surface area contributed by atoms with Gasteiger partial charge in [0.25, 0.3) is 5.91 Å². The molecule has 128 valence electrons. The van der Waals surface area contributed by atoms with Crippen molar-refractivity contribution in [3.05, 3.63) is 63.5 Å². The molecule has 0 aliphatic rings. The van der Waals surface area contributed by atoms with Crippen LogP contribution >= 0.6 is 11.6 Å². The SMILES string of the molecule is COc1ccc(NC(=O)c2cc3cc(Cl)ccc3oc2=O)cc1OC. The summed E-state index contributed by atoms with van der Waals surface area (Å²) in [6.45, 7) is 0. The smallest absolute Gasteiger partial charge is 0.349 e. The van der Waals surface area contributed by atoms with Crippen LogP contribution in [-0.2, 0) is 0 Å². The summed E-state index contributed by atoms with van der Waals surface area (Å²) in [5.74, 6) is 0.390. The third-order valence-corrected chi connectivity index (χ3v) is 3.82. The minimum Gasteiger partial charge on any atom is -0.493 e. The van der Waals surface area contributed by atoms with Gasteiger partial charge in [-0.05, 0) is 36.4 Å². The van der Waals surface area contributed by atoms with Gasteiger partial charge in [-0.3, -0.25) is 4.79 Å². The number of carbonyl (C=O) groups excluding carboxylic acids is 1. The average Bonchev–Trinajstić information content (AvgIpc) is 2.61. The quantitative estimate of drug-likeness (QED) is 0.718. The van der Waals surface area contributed by atoms with Crippen molar-refractivity contribution in [2.45, 2.75) is 0 Å². The summed E-state index contributed by atoms with van der Waals surface area (Å²) in [7, 11) is 3.01. The number of halogens is 1. The van der Waals surface area contributed by atoms with Gasteiger partial charge >= 0.3 is 5.63 Å². The first-order chi connectivity index (χ1) is 12.0. The molecule has 6 nitrogen and oxygen atoms in total. The number of amides is 1. The minimum atomic E-state index is -0.729. The summed E-state index contributed by atoms with van der Waals surface area (Å²) in [4.78, 5) is 24.5. The summed E-state index contributed by atoms with van der Waals surface area (Å²) in [5.41, 5.74) is -0.0392. The van der Waals surface area contributed by atoms with E-state index >= 15 is 0 Å². The Morgan fingerprint density at radius 2 is 1.80 bits per heavy atom. The van der Waals surface area contributed by atoms with Gasteiger partial charge in [-0.15, -0.1) is 0 Å². The zero-order chi connectivity index (χ0) is 18.0. The highest BCUT2D eigenvalue weighted by molar-refractivity contribution is 6.31. The van der Waals surface area contributed by atoms with E-state index in [-0.39, 0.29) is 5.56 Å². The lowest BCUT2D eigenvalue weighted by atomic mass is 10.1. The highest BCUT2D eigenvalue weighted by Crippen LogP contribution is 2.30. The van der Waals surface area contributed by atoms with E-state index in [9.17, 15) is 9.59 Å². The molecule has 1 amide bonds. The number of fused-ring (bicyclic) bond motifs is 1. The summed E-state index contributed by atoms with van der Waals surface area (Å²) in [6.07, 6.45) is 0. The molecule has 0 aliphatic carbocycles. The van der Waals surface area contributed by atoms with E-state index in [0.717, 1.165) is 0 Å². The molecule has 1 aromatic heterocycles. The summed E-state index contributed by atoms with van der Waals surface area (Å²) in [6, 6.07) is 11.1. The van der Waals surface area contributed by atoms with Crippen LogP contribution in [0.5, 0.6) is 11.5 Å². The fraction of sp³-hybridized carbons (Fsp3) is 0.111. The number of hydrogen-bond donors (Lipinski definition) is 1. The Morgan fingerprint density at radius 1 is 1.04 bits per heavy atom. The second-order valence-corrected chi connectivity index (χ2v) is 5.59. The largest absolute Gasteiger partial charge is 0.493 e. The first-order valence-corrected chi connectivity index (χ1v) is 7.66. The Labute approximate surface area is 147 Å². The van der Waals surface area contributed by atoms with Crippen LogP contribution < -0.4 is 20.4 Å².